The molecule has 0 bridgehead atoms. The van der Waals surface area contributed by atoms with Crippen LogP contribution in [-0.2, 0) is 11.2 Å². The van der Waals surface area contributed by atoms with Gasteiger partial charge in [-0.1, -0.05) is 29.1 Å². The number of hydrogen-bond acceptors (Lipinski definition) is 8. The van der Waals surface area contributed by atoms with Gasteiger partial charge in [0.1, 0.15) is 11.5 Å². The summed E-state index contributed by atoms with van der Waals surface area (Å²) in [6.45, 7) is 1.75. The standard InChI is InChI=1S/C16H16N4O4S/c1-10-7-13(20-24-10)17-14(21)9-25-16-19-18-15(23-16)8-11-3-5-12(22-2)6-4-11/h3-7H,8-9H2,1-2H3,(H,17,20,21). The predicted molar refractivity (Wildman–Crippen MR) is 90.7 cm³/mol. The summed E-state index contributed by atoms with van der Waals surface area (Å²) in [5.41, 5.74) is 1.03. The van der Waals surface area contributed by atoms with Crippen LogP contribution < -0.4 is 10.1 Å². The smallest absolute Gasteiger partial charge is 0.277 e. The van der Waals surface area contributed by atoms with Crippen molar-refractivity contribution in [1.29, 1.82) is 0 Å². The normalized spacial score (nSPS) is 10.6. The van der Waals surface area contributed by atoms with Crippen LogP contribution in [0.4, 0.5) is 5.82 Å². The zero-order valence-corrected chi connectivity index (χ0v) is 14.5. The van der Waals surface area contributed by atoms with E-state index in [0.29, 0.717) is 29.1 Å². The van der Waals surface area contributed by atoms with Crippen molar-refractivity contribution in [2.45, 2.75) is 18.6 Å². The molecule has 130 valence electrons. The Kier molecular flexibility index (Phi) is 5.34. The molecule has 0 atom stereocenters. The Balaban J connectivity index is 1.50. The van der Waals surface area contributed by atoms with Crippen LogP contribution in [-0.4, -0.2) is 34.1 Å². The van der Waals surface area contributed by atoms with Crippen molar-refractivity contribution in [1.82, 2.24) is 15.4 Å². The summed E-state index contributed by atoms with van der Waals surface area (Å²) < 4.78 is 15.5. The molecule has 0 fully saturated rings. The van der Waals surface area contributed by atoms with Gasteiger partial charge in [-0.05, 0) is 24.6 Å². The van der Waals surface area contributed by atoms with Crippen molar-refractivity contribution in [3.8, 4) is 5.75 Å². The Hall–Kier alpha value is -2.81. The summed E-state index contributed by atoms with van der Waals surface area (Å²) in [5, 5.41) is 14.6. The van der Waals surface area contributed by atoms with E-state index in [0.717, 1.165) is 23.1 Å². The predicted octanol–water partition coefficient (Wildman–Crippen LogP) is 2.70. The fourth-order valence-electron chi connectivity index (χ4n) is 2.02. The SMILES string of the molecule is COc1ccc(Cc2nnc(SCC(=O)Nc3cc(C)on3)o2)cc1. The number of anilines is 1. The molecule has 1 aromatic carbocycles. The highest BCUT2D eigenvalue weighted by Gasteiger charge is 2.12. The van der Waals surface area contributed by atoms with Gasteiger partial charge in [0.25, 0.3) is 5.22 Å². The second kappa shape index (κ2) is 7.84. The summed E-state index contributed by atoms with van der Waals surface area (Å²) >= 11 is 1.16. The number of ether oxygens (including phenoxy) is 1. The number of benzene rings is 1. The van der Waals surface area contributed by atoms with Gasteiger partial charge in [-0.2, -0.15) is 0 Å². The van der Waals surface area contributed by atoms with E-state index in [-0.39, 0.29) is 11.7 Å². The van der Waals surface area contributed by atoms with E-state index in [1.54, 1.807) is 20.1 Å². The summed E-state index contributed by atoms with van der Waals surface area (Å²) in [6, 6.07) is 9.25. The average molecular weight is 360 g/mol. The highest BCUT2D eigenvalue weighted by molar-refractivity contribution is 7.99. The van der Waals surface area contributed by atoms with E-state index in [9.17, 15) is 4.79 Å². The number of thioether (sulfide) groups is 1. The number of amides is 1. The molecule has 1 N–H and O–H groups in total. The van der Waals surface area contributed by atoms with Gasteiger partial charge in [0.05, 0.1) is 19.3 Å². The molecule has 25 heavy (non-hydrogen) atoms. The first-order valence-electron chi connectivity index (χ1n) is 7.43. The van der Waals surface area contributed by atoms with E-state index in [1.807, 2.05) is 24.3 Å². The van der Waals surface area contributed by atoms with Crippen LogP contribution in [0.1, 0.15) is 17.2 Å². The van der Waals surface area contributed by atoms with Crippen molar-refractivity contribution in [3.63, 3.8) is 0 Å². The maximum absolute atomic E-state index is 11.8. The number of carbonyl (C=O) groups is 1. The molecule has 0 saturated carbocycles. The number of nitrogens with one attached hydrogen (secondary N) is 1. The van der Waals surface area contributed by atoms with E-state index in [4.69, 9.17) is 13.7 Å². The van der Waals surface area contributed by atoms with Crippen molar-refractivity contribution >= 4 is 23.5 Å². The molecule has 1 amide bonds. The minimum atomic E-state index is -0.229. The number of rotatable bonds is 7. The molecule has 9 heteroatoms. The van der Waals surface area contributed by atoms with Crippen LogP contribution in [0.25, 0.3) is 0 Å². The monoisotopic (exact) mass is 360 g/mol. The molecule has 0 saturated heterocycles. The highest BCUT2D eigenvalue weighted by atomic mass is 32.2. The lowest BCUT2D eigenvalue weighted by Gasteiger charge is -2.00. The molecular weight excluding hydrogens is 344 g/mol. The zero-order chi connectivity index (χ0) is 17.6. The van der Waals surface area contributed by atoms with Gasteiger partial charge in [-0.3, -0.25) is 4.79 Å². The number of hydrogen-bond donors (Lipinski definition) is 1. The molecule has 0 unspecified atom stereocenters. The van der Waals surface area contributed by atoms with Crippen LogP contribution >= 0.6 is 11.8 Å². The van der Waals surface area contributed by atoms with Gasteiger partial charge in [-0.15, -0.1) is 10.2 Å². The Bertz CT molecular complexity index is 844. The van der Waals surface area contributed by atoms with Crippen LogP contribution in [0.2, 0.25) is 0 Å². The molecule has 8 nitrogen and oxygen atoms in total. The molecule has 2 aromatic heterocycles. The Morgan fingerprint density at radius 3 is 2.76 bits per heavy atom. The molecule has 0 aliphatic rings. The molecule has 0 aliphatic carbocycles. The first-order valence-corrected chi connectivity index (χ1v) is 8.42. The highest BCUT2D eigenvalue weighted by Crippen LogP contribution is 2.19. The number of methoxy groups -OCH3 is 1. The average Bonchev–Trinajstić information content (AvgIpc) is 3.22. The lowest BCUT2D eigenvalue weighted by Crippen LogP contribution is -2.14. The maximum Gasteiger partial charge on any atom is 0.277 e. The van der Waals surface area contributed by atoms with Gasteiger partial charge in [0.2, 0.25) is 11.8 Å². The summed E-state index contributed by atoms with van der Waals surface area (Å²) in [4.78, 5) is 11.8. The molecule has 0 spiro atoms. The van der Waals surface area contributed by atoms with E-state index in [1.165, 1.54) is 0 Å². The first kappa shape index (κ1) is 17.0. The Labute approximate surface area is 147 Å². The quantitative estimate of drug-likeness (QED) is 0.642. The number of aryl methyl sites for hydroxylation is 1. The summed E-state index contributed by atoms with van der Waals surface area (Å²) in [5.74, 6) is 2.19. The minimum Gasteiger partial charge on any atom is -0.497 e. The lowest BCUT2D eigenvalue weighted by molar-refractivity contribution is -0.113. The molecular formula is C16H16N4O4S. The summed E-state index contributed by atoms with van der Waals surface area (Å²) in [7, 11) is 1.62. The van der Waals surface area contributed by atoms with Gasteiger partial charge >= 0.3 is 0 Å². The van der Waals surface area contributed by atoms with Crippen molar-refractivity contribution in [2.24, 2.45) is 0 Å². The van der Waals surface area contributed by atoms with Gasteiger partial charge in [-0.25, -0.2) is 0 Å². The largest absolute Gasteiger partial charge is 0.497 e. The minimum absolute atomic E-state index is 0.135. The van der Waals surface area contributed by atoms with Crippen molar-refractivity contribution in [2.75, 3.05) is 18.2 Å². The summed E-state index contributed by atoms with van der Waals surface area (Å²) in [6.07, 6.45) is 0.516. The second-order valence-electron chi connectivity index (χ2n) is 5.15. The maximum atomic E-state index is 11.8. The molecule has 3 rings (SSSR count). The van der Waals surface area contributed by atoms with Gasteiger partial charge in [0, 0.05) is 6.07 Å². The molecule has 3 aromatic rings. The Morgan fingerprint density at radius 1 is 1.28 bits per heavy atom. The lowest BCUT2D eigenvalue weighted by atomic mass is 10.1. The fraction of sp³-hybridized carbons (Fsp3) is 0.250. The zero-order valence-electron chi connectivity index (χ0n) is 13.7. The number of carbonyl (C=O) groups excluding carboxylic acids is 1. The van der Waals surface area contributed by atoms with Crippen LogP contribution in [0.5, 0.6) is 5.75 Å². The van der Waals surface area contributed by atoms with Gasteiger partial charge < -0.3 is 19.0 Å². The first-order chi connectivity index (χ1) is 12.1. The fourth-order valence-corrected chi connectivity index (χ4v) is 2.60. The number of aromatic nitrogens is 3. The van der Waals surface area contributed by atoms with E-state index >= 15 is 0 Å². The Morgan fingerprint density at radius 2 is 2.08 bits per heavy atom. The van der Waals surface area contributed by atoms with E-state index < -0.39 is 0 Å². The molecule has 0 radical (unpaired) electrons. The van der Waals surface area contributed by atoms with Crippen LogP contribution in [0.15, 0.2) is 44.5 Å². The van der Waals surface area contributed by atoms with Gasteiger partial charge in [0.15, 0.2) is 5.82 Å². The topological polar surface area (TPSA) is 103 Å². The third-order valence-electron chi connectivity index (χ3n) is 3.18. The van der Waals surface area contributed by atoms with Crippen LogP contribution in [0.3, 0.4) is 0 Å². The van der Waals surface area contributed by atoms with Crippen LogP contribution in [0, 0.1) is 6.92 Å². The van der Waals surface area contributed by atoms with Crippen molar-refractivity contribution in [3.05, 3.63) is 47.5 Å². The van der Waals surface area contributed by atoms with Crippen molar-refractivity contribution < 1.29 is 18.5 Å². The third kappa shape index (κ3) is 4.83. The third-order valence-corrected chi connectivity index (χ3v) is 4.00. The van der Waals surface area contributed by atoms with E-state index in [2.05, 4.69) is 20.7 Å². The molecule has 0 aliphatic heterocycles. The second-order valence-corrected chi connectivity index (χ2v) is 6.07. The molecule has 2 heterocycles. The number of nitrogens with zero attached hydrogens (tertiary/aromatic N) is 3.